The second-order valence-corrected chi connectivity index (χ2v) is 11.6. The number of rotatable bonds is 4. The van der Waals surface area contributed by atoms with Gasteiger partial charge in [0.15, 0.2) is 5.78 Å². The van der Waals surface area contributed by atoms with Crippen LogP contribution < -0.4 is 0 Å². The summed E-state index contributed by atoms with van der Waals surface area (Å²) in [6.45, 7) is 4.76. The number of alkyl halides is 1. The molecule has 5 heteroatoms. The number of nitrogens with zero attached hydrogens (tertiary/aromatic N) is 2. The van der Waals surface area contributed by atoms with Crippen molar-refractivity contribution in [3.05, 3.63) is 18.7 Å². The predicted octanol–water partition coefficient (Wildman–Crippen LogP) is 4.81. The Morgan fingerprint density at radius 2 is 1.93 bits per heavy atom. The molecule has 166 valence electrons. The molecular formula is C25H37FN2O2. The van der Waals surface area contributed by atoms with Gasteiger partial charge in [-0.25, -0.2) is 9.37 Å². The van der Waals surface area contributed by atoms with E-state index >= 15 is 0 Å². The molecule has 8 atom stereocenters. The quantitative estimate of drug-likeness (QED) is 0.766. The van der Waals surface area contributed by atoms with Gasteiger partial charge >= 0.3 is 0 Å². The number of imidazole rings is 1. The van der Waals surface area contributed by atoms with Gasteiger partial charge < -0.3 is 9.67 Å². The number of aromatic nitrogens is 2. The van der Waals surface area contributed by atoms with Gasteiger partial charge in [-0.2, -0.15) is 0 Å². The van der Waals surface area contributed by atoms with Crippen molar-refractivity contribution in [1.29, 1.82) is 0 Å². The highest BCUT2D eigenvalue weighted by Crippen LogP contribution is 2.69. The molecule has 1 N–H and O–H groups in total. The van der Waals surface area contributed by atoms with E-state index in [1.807, 2.05) is 10.8 Å². The molecule has 4 aliphatic carbocycles. The molecule has 0 radical (unpaired) electrons. The second-order valence-electron chi connectivity index (χ2n) is 11.6. The molecule has 0 unspecified atom stereocenters. The van der Waals surface area contributed by atoms with E-state index in [4.69, 9.17) is 0 Å². The number of hydrogen-bond donors (Lipinski definition) is 1. The second kappa shape index (κ2) is 7.15. The minimum absolute atomic E-state index is 0.101. The van der Waals surface area contributed by atoms with E-state index in [2.05, 4.69) is 18.8 Å². The summed E-state index contributed by atoms with van der Waals surface area (Å²) in [6, 6.07) is 0. The van der Waals surface area contributed by atoms with Crippen molar-refractivity contribution in [1.82, 2.24) is 9.55 Å². The fraction of sp³-hybridized carbons (Fsp3) is 0.840. The standard InChI is InChI=1S/C25H37FN2O2/c1-23-8-5-17-13-25(30,15-26)10-6-18(17)19(23)7-9-24(2)20(3-4-22(23)24)21(29)14-28-12-11-27-16-28/h11-12,16-20,22,30H,3-10,13-15H2,1-2H3/t17-,18-,19+,20+,22-,23+,24+,25+/m0/s1. The number of ketones is 1. The average Bonchev–Trinajstić information content (AvgIpc) is 3.35. The van der Waals surface area contributed by atoms with Gasteiger partial charge in [0, 0.05) is 18.3 Å². The molecule has 4 fully saturated rings. The van der Waals surface area contributed by atoms with Crippen molar-refractivity contribution in [3.63, 3.8) is 0 Å². The van der Waals surface area contributed by atoms with Gasteiger partial charge in [-0.3, -0.25) is 4.79 Å². The van der Waals surface area contributed by atoms with Crippen molar-refractivity contribution in [3.8, 4) is 0 Å². The molecule has 5 rings (SSSR count). The zero-order valence-corrected chi connectivity index (χ0v) is 18.5. The topological polar surface area (TPSA) is 55.1 Å². The zero-order valence-electron chi connectivity index (χ0n) is 18.5. The molecule has 4 aliphatic rings. The number of Topliss-reactive ketones (excluding diaryl/α,β-unsaturated/α-hetero) is 1. The maximum Gasteiger partial charge on any atom is 0.156 e. The van der Waals surface area contributed by atoms with Crippen LogP contribution in [0, 0.1) is 40.4 Å². The zero-order chi connectivity index (χ0) is 21.1. The summed E-state index contributed by atoms with van der Waals surface area (Å²) >= 11 is 0. The number of carbonyl (C=O) groups is 1. The van der Waals surface area contributed by atoms with E-state index in [0.717, 1.165) is 32.1 Å². The highest BCUT2D eigenvalue weighted by molar-refractivity contribution is 5.82. The van der Waals surface area contributed by atoms with E-state index in [9.17, 15) is 14.3 Å². The van der Waals surface area contributed by atoms with Gasteiger partial charge in [-0.1, -0.05) is 13.8 Å². The summed E-state index contributed by atoms with van der Waals surface area (Å²) < 4.78 is 15.3. The highest BCUT2D eigenvalue weighted by Gasteiger charge is 2.63. The molecule has 4 saturated carbocycles. The number of hydrogen-bond acceptors (Lipinski definition) is 3. The van der Waals surface area contributed by atoms with Crippen LogP contribution in [0.3, 0.4) is 0 Å². The van der Waals surface area contributed by atoms with Gasteiger partial charge in [-0.15, -0.1) is 0 Å². The number of halogens is 1. The Hall–Kier alpha value is -1.23. The van der Waals surface area contributed by atoms with E-state index < -0.39 is 12.3 Å². The van der Waals surface area contributed by atoms with Crippen LogP contribution in [-0.2, 0) is 11.3 Å². The fourth-order valence-corrected chi connectivity index (χ4v) is 8.86. The van der Waals surface area contributed by atoms with Crippen molar-refractivity contribution in [2.75, 3.05) is 6.67 Å². The molecule has 0 spiro atoms. The lowest BCUT2D eigenvalue weighted by molar-refractivity contribution is -0.155. The minimum atomic E-state index is -1.07. The molecule has 0 aromatic carbocycles. The summed E-state index contributed by atoms with van der Waals surface area (Å²) in [4.78, 5) is 17.3. The summed E-state index contributed by atoms with van der Waals surface area (Å²) in [6.07, 6.45) is 14.4. The Bertz CT molecular complexity index is 797. The molecule has 1 aromatic rings. The monoisotopic (exact) mass is 416 g/mol. The number of aliphatic hydroxyl groups is 1. The van der Waals surface area contributed by atoms with Gasteiger partial charge in [0.2, 0.25) is 0 Å². The fourth-order valence-electron chi connectivity index (χ4n) is 8.86. The van der Waals surface area contributed by atoms with E-state index in [1.54, 1.807) is 12.5 Å². The van der Waals surface area contributed by atoms with Crippen LogP contribution in [-0.4, -0.2) is 32.7 Å². The van der Waals surface area contributed by atoms with Crippen LogP contribution >= 0.6 is 0 Å². The first-order valence-corrected chi connectivity index (χ1v) is 12.1. The molecule has 0 saturated heterocycles. The molecule has 4 nitrogen and oxygen atoms in total. The highest BCUT2D eigenvalue weighted by atomic mass is 19.1. The Kier molecular flexibility index (Phi) is 4.92. The van der Waals surface area contributed by atoms with E-state index in [-0.39, 0.29) is 16.7 Å². The predicted molar refractivity (Wildman–Crippen MR) is 113 cm³/mol. The molecule has 0 amide bonds. The van der Waals surface area contributed by atoms with E-state index in [1.165, 1.54) is 12.8 Å². The van der Waals surface area contributed by atoms with E-state index in [0.29, 0.717) is 48.8 Å². The van der Waals surface area contributed by atoms with Crippen LogP contribution in [0.25, 0.3) is 0 Å². The number of carbonyl (C=O) groups excluding carboxylic acids is 1. The van der Waals surface area contributed by atoms with Gasteiger partial charge in [0.25, 0.3) is 0 Å². The third kappa shape index (κ3) is 3.02. The van der Waals surface area contributed by atoms with Crippen LogP contribution in [0.2, 0.25) is 0 Å². The normalized spacial score (nSPS) is 47.9. The summed E-state index contributed by atoms with van der Waals surface area (Å²) in [5, 5.41) is 10.6. The first-order valence-electron chi connectivity index (χ1n) is 12.1. The molecule has 0 aliphatic heterocycles. The summed E-state index contributed by atoms with van der Waals surface area (Å²) in [7, 11) is 0. The van der Waals surface area contributed by atoms with Crippen LogP contribution in [0.4, 0.5) is 4.39 Å². The lowest BCUT2D eigenvalue weighted by atomic mass is 9.43. The smallest absolute Gasteiger partial charge is 0.156 e. The largest absolute Gasteiger partial charge is 0.387 e. The minimum Gasteiger partial charge on any atom is -0.387 e. The Morgan fingerprint density at radius 3 is 2.67 bits per heavy atom. The molecule has 1 aromatic heterocycles. The lowest BCUT2D eigenvalue weighted by Gasteiger charge is -2.62. The Labute approximate surface area is 179 Å². The first kappa shape index (κ1) is 20.7. The third-order valence-corrected chi connectivity index (χ3v) is 10.3. The molecular weight excluding hydrogens is 379 g/mol. The van der Waals surface area contributed by atoms with Crippen LogP contribution in [0.15, 0.2) is 18.7 Å². The van der Waals surface area contributed by atoms with Crippen LogP contribution in [0.5, 0.6) is 0 Å². The molecule has 0 bridgehead atoms. The van der Waals surface area contributed by atoms with Gasteiger partial charge in [0.05, 0.1) is 18.5 Å². The van der Waals surface area contributed by atoms with Crippen molar-refractivity contribution < 1.29 is 14.3 Å². The maximum atomic E-state index is 13.4. The average molecular weight is 417 g/mol. The Morgan fingerprint density at radius 1 is 1.13 bits per heavy atom. The number of fused-ring (bicyclic) bond motifs is 5. The molecule has 1 heterocycles. The summed E-state index contributed by atoms with van der Waals surface area (Å²) in [5.74, 6) is 2.90. The lowest BCUT2D eigenvalue weighted by Crippen LogP contribution is -2.56. The maximum absolute atomic E-state index is 13.4. The van der Waals surface area contributed by atoms with Crippen molar-refractivity contribution >= 4 is 5.78 Å². The van der Waals surface area contributed by atoms with Crippen molar-refractivity contribution in [2.24, 2.45) is 40.4 Å². The molecule has 30 heavy (non-hydrogen) atoms. The SMILES string of the molecule is C[C@]12CC[C@@H]3[C@H]4CC[C@](O)(CF)C[C@@H]4CC[C@@]3(C)[C@@H]1CC[C@@H]2C(=O)Cn1ccnc1. The Balaban J connectivity index is 1.36. The summed E-state index contributed by atoms with van der Waals surface area (Å²) in [5.41, 5.74) is -0.691. The van der Waals surface area contributed by atoms with Crippen molar-refractivity contribution in [2.45, 2.75) is 83.8 Å². The van der Waals surface area contributed by atoms with Gasteiger partial charge in [-0.05, 0) is 92.3 Å². The van der Waals surface area contributed by atoms with Crippen LogP contribution in [0.1, 0.15) is 71.6 Å². The first-order chi connectivity index (χ1) is 14.3. The third-order valence-electron chi connectivity index (χ3n) is 10.3. The van der Waals surface area contributed by atoms with Gasteiger partial charge in [0.1, 0.15) is 6.67 Å².